The molecule has 7 heteroatoms. The summed E-state index contributed by atoms with van der Waals surface area (Å²) in [7, 11) is 0. The van der Waals surface area contributed by atoms with Gasteiger partial charge >= 0.3 is 0 Å². The first-order valence-electron chi connectivity index (χ1n) is 6.07. The van der Waals surface area contributed by atoms with Gasteiger partial charge in [0.25, 0.3) is 5.69 Å². The van der Waals surface area contributed by atoms with Crippen molar-refractivity contribution < 1.29 is 14.8 Å². The summed E-state index contributed by atoms with van der Waals surface area (Å²) in [4.78, 5) is 22.2. The minimum atomic E-state index is -0.631. The van der Waals surface area contributed by atoms with Crippen LogP contribution in [0.15, 0.2) is 18.2 Å². The number of nitrogens with zero attached hydrogens (tertiary/aromatic N) is 1. The van der Waals surface area contributed by atoms with E-state index in [1.54, 1.807) is 0 Å². The maximum absolute atomic E-state index is 12.0. The normalized spacial score (nSPS) is 18.8. The standard InChI is InChI=1S/C12H15N3O4/c16-10-5-1-4-9(15(18)19)11(10)14-12(17)8-3-2-6-13-7-8/h1,4-5,8,13,16H,2-3,6-7H2,(H,14,17). The molecule has 1 aliphatic rings. The Bertz CT molecular complexity index is 498. The lowest BCUT2D eigenvalue weighted by Gasteiger charge is -2.21. The molecule has 1 fully saturated rings. The van der Waals surface area contributed by atoms with Gasteiger partial charge in [0.15, 0.2) is 5.69 Å². The number of hydrogen-bond acceptors (Lipinski definition) is 5. The van der Waals surface area contributed by atoms with Crippen LogP contribution in [-0.4, -0.2) is 29.0 Å². The first-order valence-corrected chi connectivity index (χ1v) is 6.07. The molecule has 1 heterocycles. The van der Waals surface area contributed by atoms with Crippen LogP contribution >= 0.6 is 0 Å². The second kappa shape index (κ2) is 5.66. The predicted molar refractivity (Wildman–Crippen MR) is 69.0 cm³/mol. The largest absolute Gasteiger partial charge is 0.505 e. The zero-order valence-corrected chi connectivity index (χ0v) is 10.3. The van der Waals surface area contributed by atoms with Crippen LogP contribution < -0.4 is 10.6 Å². The molecule has 0 spiro atoms. The number of piperidine rings is 1. The van der Waals surface area contributed by atoms with Gasteiger partial charge in [-0.1, -0.05) is 6.07 Å². The molecule has 1 unspecified atom stereocenters. The maximum Gasteiger partial charge on any atom is 0.296 e. The van der Waals surface area contributed by atoms with E-state index in [1.165, 1.54) is 18.2 Å². The summed E-state index contributed by atoms with van der Waals surface area (Å²) in [6.45, 7) is 1.42. The van der Waals surface area contributed by atoms with E-state index in [9.17, 15) is 20.0 Å². The minimum absolute atomic E-state index is 0.136. The molecule has 2 rings (SSSR count). The number of amides is 1. The summed E-state index contributed by atoms with van der Waals surface area (Å²) in [6.07, 6.45) is 1.63. The van der Waals surface area contributed by atoms with Crippen molar-refractivity contribution in [2.24, 2.45) is 5.92 Å². The molecule has 0 saturated carbocycles. The van der Waals surface area contributed by atoms with E-state index in [2.05, 4.69) is 10.6 Å². The average Bonchev–Trinajstić information content (AvgIpc) is 2.41. The number of nitrogens with one attached hydrogen (secondary N) is 2. The van der Waals surface area contributed by atoms with Gasteiger partial charge in [0, 0.05) is 12.6 Å². The Labute approximate surface area is 109 Å². The van der Waals surface area contributed by atoms with Crippen molar-refractivity contribution in [1.82, 2.24) is 5.32 Å². The Balaban J connectivity index is 2.18. The van der Waals surface area contributed by atoms with Gasteiger partial charge in [0.1, 0.15) is 5.75 Å². The third-order valence-corrected chi connectivity index (χ3v) is 3.13. The van der Waals surface area contributed by atoms with E-state index in [0.29, 0.717) is 6.54 Å². The SMILES string of the molecule is O=C(Nc1c(O)cccc1[N+](=O)[O-])C1CCCNC1. The smallest absolute Gasteiger partial charge is 0.296 e. The zero-order chi connectivity index (χ0) is 13.8. The fraction of sp³-hybridized carbons (Fsp3) is 0.417. The molecule has 0 aliphatic carbocycles. The summed E-state index contributed by atoms with van der Waals surface area (Å²) < 4.78 is 0. The lowest BCUT2D eigenvalue weighted by molar-refractivity contribution is -0.384. The van der Waals surface area contributed by atoms with Gasteiger partial charge in [0.2, 0.25) is 5.91 Å². The summed E-state index contributed by atoms with van der Waals surface area (Å²) >= 11 is 0. The van der Waals surface area contributed by atoms with Crippen molar-refractivity contribution in [3.05, 3.63) is 28.3 Å². The second-order valence-electron chi connectivity index (χ2n) is 4.46. The van der Waals surface area contributed by atoms with Crippen LogP contribution in [0.5, 0.6) is 5.75 Å². The molecule has 1 amide bonds. The van der Waals surface area contributed by atoms with Gasteiger partial charge < -0.3 is 15.7 Å². The van der Waals surface area contributed by atoms with Crippen molar-refractivity contribution in [1.29, 1.82) is 0 Å². The van der Waals surface area contributed by atoms with Crippen molar-refractivity contribution in [3.8, 4) is 5.75 Å². The lowest BCUT2D eigenvalue weighted by Crippen LogP contribution is -2.37. The first kappa shape index (κ1) is 13.3. The van der Waals surface area contributed by atoms with Crippen LogP contribution in [0.4, 0.5) is 11.4 Å². The van der Waals surface area contributed by atoms with Gasteiger partial charge in [-0.3, -0.25) is 14.9 Å². The molecule has 3 N–H and O–H groups in total. The molecule has 1 aliphatic heterocycles. The third kappa shape index (κ3) is 3.00. The summed E-state index contributed by atoms with van der Waals surface area (Å²) in [5, 5.41) is 26.1. The van der Waals surface area contributed by atoms with E-state index in [1.807, 2.05) is 0 Å². The predicted octanol–water partition coefficient (Wildman–Crippen LogP) is 1.24. The van der Waals surface area contributed by atoms with Crippen molar-refractivity contribution in [2.75, 3.05) is 18.4 Å². The highest BCUT2D eigenvalue weighted by atomic mass is 16.6. The number of phenols is 1. The molecule has 7 nitrogen and oxygen atoms in total. The second-order valence-corrected chi connectivity index (χ2v) is 4.46. The van der Waals surface area contributed by atoms with E-state index in [-0.39, 0.29) is 28.9 Å². The van der Waals surface area contributed by atoms with Gasteiger partial charge in [-0.05, 0) is 25.5 Å². The van der Waals surface area contributed by atoms with E-state index >= 15 is 0 Å². The number of aromatic hydroxyl groups is 1. The molecular weight excluding hydrogens is 250 g/mol. The van der Waals surface area contributed by atoms with Gasteiger partial charge in [-0.15, -0.1) is 0 Å². The highest BCUT2D eigenvalue weighted by Gasteiger charge is 2.25. The Morgan fingerprint density at radius 2 is 2.32 bits per heavy atom. The van der Waals surface area contributed by atoms with Crippen LogP contribution in [0.2, 0.25) is 0 Å². The van der Waals surface area contributed by atoms with Gasteiger partial charge in [0.05, 0.1) is 10.8 Å². The number of nitro groups is 1. The Hall–Kier alpha value is -2.15. The van der Waals surface area contributed by atoms with Crippen LogP contribution in [0.1, 0.15) is 12.8 Å². The van der Waals surface area contributed by atoms with Crippen LogP contribution in [0, 0.1) is 16.0 Å². The highest BCUT2D eigenvalue weighted by molar-refractivity contribution is 5.96. The highest BCUT2D eigenvalue weighted by Crippen LogP contribution is 2.33. The van der Waals surface area contributed by atoms with E-state index in [4.69, 9.17) is 0 Å². The zero-order valence-electron chi connectivity index (χ0n) is 10.3. The monoisotopic (exact) mass is 265 g/mol. The molecule has 1 aromatic carbocycles. The number of carbonyl (C=O) groups is 1. The van der Waals surface area contributed by atoms with E-state index in [0.717, 1.165) is 19.4 Å². The quantitative estimate of drug-likeness (QED) is 0.433. The number of para-hydroxylation sites is 1. The number of anilines is 1. The third-order valence-electron chi connectivity index (χ3n) is 3.13. The van der Waals surface area contributed by atoms with Crippen molar-refractivity contribution in [3.63, 3.8) is 0 Å². The molecule has 1 atom stereocenters. The molecule has 1 saturated heterocycles. The lowest BCUT2D eigenvalue weighted by atomic mass is 9.98. The number of hydrogen-bond donors (Lipinski definition) is 3. The number of phenolic OH excluding ortho intramolecular Hbond substituents is 1. The van der Waals surface area contributed by atoms with Crippen molar-refractivity contribution >= 4 is 17.3 Å². The molecule has 0 radical (unpaired) electrons. The molecule has 0 aromatic heterocycles. The maximum atomic E-state index is 12.0. The van der Waals surface area contributed by atoms with Crippen molar-refractivity contribution in [2.45, 2.75) is 12.8 Å². The molecule has 102 valence electrons. The number of carbonyl (C=O) groups excluding carboxylic acids is 1. The van der Waals surface area contributed by atoms with Gasteiger partial charge in [-0.25, -0.2) is 0 Å². The Morgan fingerprint density at radius 3 is 2.95 bits per heavy atom. The minimum Gasteiger partial charge on any atom is -0.505 e. The summed E-state index contributed by atoms with van der Waals surface area (Å²) in [5.74, 6) is -0.837. The molecular formula is C12H15N3O4. The topological polar surface area (TPSA) is 104 Å². The Kier molecular flexibility index (Phi) is 3.96. The number of nitro benzene ring substituents is 1. The summed E-state index contributed by atoms with van der Waals surface area (Å²) in [6, 6.07) is 3.92. The van der Waals surface area contributed by atoms with Crippen LogP contribution in [-0.2, 0) is 4.79 Å². The van der Waals surface area contributed by atoms with Gasteiger partial charge in [-0.2, -0.15) is 0 Å². The average molecular weight is 265 g/mol. The molecule has 19 heavy (non-hydrogen) atoms. The van der Waals surface area contributed by atoms with E-state index < -0.39 is 4.92 Å². The Morgan fingerprint density at radius 1 is 1.53 bits per heavy atom. The number of rotatable bonds is 3. The number of benzene rings is 1. The summed E-state index contributed by atoms with van der Waals surface area (Å²) in [5.41, 5.74) is -0.444. The fourth-order valence-corrected chi connectivity index (χ4v) is 2.11. The first-order chi connectivity index (χ1) is 9.09. The molecule has 0 bridgehead atoms. The van der Waals surface area contributed by atoms with Crippen LogP contribution in [0.3, 0.4) is 0 Å². The molecule has 1 aromatic rings. The van der Waals surface area contributed by atoms with Crippen LogP contribution in [0.25, 0.3) is 0 Å². The fourth-order valence-electron chi connectivity index (χ4n) is 2.11.